The van der Waals surface area contributed by atoms with Crippen LogP contribution in [-0.2, 0) is 0 Å². The second kappa shape index (κ2) is 6.64. The number of carbonyl (C=O) groups excluding carboxylic acids is 1. The van der Waals surface area contributed by atoms with Crippen LogP contribution in [0, 0.1) is 0 Å². The monoisotopic (exact) mass is 339 g/mol. The quantitative estimate of drug-likeness (QED) is 0.860. The summed E-state index contributed by atoms with van der Waals surface area (Å²) in [4.78, 5) is 21.6. The summed E-state index contributed by atoms with van der Waals surface area (Å²) in [5.74, 6) is 0.860. The first kappa shape index (κ1) is 16.3. The van der Waals surface area contributed by atoms with Gasteiger partial charge in [0.1, 0.15) is 0 Å². The van der Waals surface area contributed by atoms with Crippen molar-refractivity contribution in [1.82, 2.24) is 14.8 Å². The number of likely N-dealkylation sites (tertiary alicyclic amines) is 1. The number of fused-ring (bicyclic) bond motifs is 2. The van der Waals surface area contributed by atoms with Gasteiger partial charge in [-0.25, -0.2) is 4.98 Å². The third kappa shape index (κ3) is 3.09. The summed E-state index contributed by atoms with van der Waals surface area (Å²) < 4.78 is 5.31. The molecule has 0 unspecified atom stereocenters. The molecule has 5 heteroatoms. The number of benzene rings is 1. The number of rotatable bonds is 3. The predicted octanol–water partition coefficient (Wildman–Crippen LogP) is 3.43. The summed E-state index contributed by atoms with van der Waals surface area (Å²) in [7, 11) is 0. The average molecular weight is 339 g/mol. The SMILES string of the molecule is CC(C)N1[C@H]2CC[C@H]1CN(C(=O)c1ccc(-c3cnco3)cc1)CC2. The van der Waals surface area contributed by atoms with Crippen molar-refractivity contribution in [2.45, 2.75) is 51.2 Å². The van der Waals surface area contributed by atoms with Crippen LogP contribution in [0.15, 0.2) is 41.3 Å². The van der Waals surface area contributed by atoms with E-state index in [9.17, 15) is 4.79 Å². The fourth-order valence-electron chi connectivity index (χ4n) is 4.46. The molecule has 25 heavy (non-hydrogen) atoms. The summed E-state index contributed by atoms with van der Waals surface area (Å²) in [6.07, 6.45) is 6.66. The van der Waals surface area contributed by atoms with E-state index < -0.39 is 0 Å². The molecule has 1 amide bonds. The lowest BCUT2D eigenvalue weighted by atomic mass is 10.1. The third-order valence-electron chi connectivity index (χ3n) is 5.57. The first-order valence-electron chi connectivity index (χ1n) is 9.19. The Morgan fingerprint density at radius 3 is 2.60 bits per heavy atom. The van der Waals surface area contributed by atoms with Crippen LogP contribution in [-0.4, -0.2) is 51.9 Å². The van der Waals surface area contributed by atoms with E-state index in [0.29, 0.717) is 18.1 Å². The molecule has 0 aliphatic carbocycles. The van der Waals surface area contributed by atoms with Crippen LogP contribution >= 0.6 is 0 Å². The van der Waals surface area contributed by atoms with Crippen LogP contribution in [0.3, 0.4) is 0 Å². The molecule has 2 bridgehead atoms. The Labute approximate surface area is 148 Å². The van der Waals surface area contributed by atoms with Crippen molar-refractivity contribution < 1.29 is 9.21 Å². The maximum absolute atomic E-state index is 13.0. The highest BCUT2D eigenvalue weighted by Gasteiger charge is 2.39. The number of aromatic nitrogens is 1. The minimum absolute atomic E-state index is 0.139. The van der Waals surface area contributed by atoms with Gasteiger partial charge >= 0.3 is 0 Å². The number of nitrogens with zero attached hydrogens (tertiary/aromatic N) is 3. The van der Waals surface area contributed by atoms with Crippen molar-refractivity contribution in [1.29, 1.82) is 0 Å². The van der Waals surface area contributed by atoms with Gasteiger partial charge in [-0.3, -0.25) is 9.69 Å². The number of hydrogen-bond acceptors (Lipinski definition) is 4. The van der Waals surface area contributed by atoms with Gasteiger partial charge < -0.3 is 9.32 Å². The summed E-state index contributed by atoms with van der Waals surface area (Å²) in [6, 6.07) is 9.33. The molecule has 1 aromatic heterocycles. The number of hydrogen-bond donors (Lipinski definition) is 0. The van der Waals surface area contributed by atoms with E-state index in [1.54, 1.807) is 6.20 Å². The van der Waals surface area contributed by atoms with E-state index in [4.69, 9.17) is 4.42 Å². The van der Waals surface area contributed by atoms with E-state index in [1.807, 2.05) is 29.2 Å². The van der Waals surface area contributed by atoms with Gasteiger partial charge in [0.15, 0.2) is 12.2 Å². The molecule has 4 rings (SSSR count). The molecule has 0 spiro atoms. The first-order chi connectivity index (χ1) is 12.1. The predicted molar refractivity (Wildman–Crippen MR) is 96.2 cm³/mol. The van der Waals surface area contributed by atoms with Gasteiger partial charge in [-0.2, -0.15) is 0 Å². The zero-order valence-corrected chi connectivity index (χ0v) is 14.9. The molecule has 1 aromatic carbocycles. The molecule has 2 aliphatic heterocycles. The largest absolute Gasteiger partial charge is 0.444 e. The lowest BCUT2D eigenvalue weighted by molar-refractivity contribution is 0.0728. The zero-order chi connectivity index (χ0) is 17.4. The van der Waals surface area contributed by atoms with E-state index in [2.05, 4.69) is 23.7 Å². The van der Waals surface area contributed by atoms with Crippen LogP contribution in [0.5, 0.6) is 0 Å². The van der Waals surface area contributed by atoms with Crippen molar-refractivity contribution >= 4 is 5.91 Å². The van der Waals surface area contributed by atoms with Gasteiger partial charge in [-0.15, -0.1) is 0 Å². The number of amides is 1. The van der Waals surface area contributed by atoms with Gasteiger partial charge in [0.25, 0.3) is 5.91 Å². The average Bonchev–Trinajstić information content (AvgIpc) is 3.22. The Kier molecular flexibility index (Phi) is 4.34. The van der Waals surface area contributed by atoms with Gasteiger partial charge in [-0.05, 0) is 45.2 Å². The summed E-state index contributed by atoms with van der Waals surface area (Å²) in [5.41, 5.74) is 1.69. The van der Waals surface area contributed by atoms with Crippen molar-refractivity contribution in [2.75, 3.05) is 13.1 Å². The molecular formula is C20H25N3O2. The highest BCUT2D eigenvalue weighted by Crippen LogP contribution is 2.32. The fraction of sp³-hybridized carbons (Fsp3) is 0.500. The Hall–Kier alpha value is -2.14. The molecule has 2 atom stereocenters. The minimum Gasteiger partial charge on any atom is -0.444 e. The van der Waals surface area contributed by atoms with Crippen molar-refractivity contribution in [3.05, 3.63) is 42.4 Å². The zero-order valence-electron chi connectivity index (χ0n) is 14.9. The molecule has 2 saturated heterocycles. The van der Waals surface area contributed by atoms with Crippen LogP contribution in [0.1, 0.15) is 43.5 Å². The van der Waals surface area contributed by atoms with Crippen molar-refractivity contribution in [3.8, 4) is 11.3 Å². The molecule has 132 valence electrons. The summed E-state index contributed by atoms with van der Waals surface area (Å²) >= 11 is 0. The maximum atomic E-state index is 13.0. The maximum Gasteiger partial charge on any atom is 0.253 e. The molecule has 2 fully saturated rings. The highest BCUT2D eigenvalue weighted by molar-refractivity contribution is 5.94. The molecule has 3 heterocycles. The van der Waals surface area contributed by atoms with E-state index in [1.165, 1.54) is 19.2 Å². The standard InChI is InChI=1S/C20H25N3O2/c1-14(2)23-17-7-8-18(23)12-22(10-9-17)20(24)16-5-3-15(4-6-16)19-11-21-13-25-19/h3-6,11,13-14,17-18H,7-10,12H2,1-2H3/t17-,18-/m0/s1. The van der Waals surface area contributed by atoms with E-state index >= 15 is 0 Å². The Balaban J connectivity index is 1.49. The van der Waals surface area contributed by atoms with Gasteiger partial charge in [0, 0.05) is 42.3 Å². The second-order valence-electron chi connectivity index (χ2n) is 7.41. The minimum atomic E-state index is 0.139. The number of oxazole rings is 1. The van der Waals surface area contributed by atoms with Crippen molar-refractivity contribution in [2.24, 2.45) is 0 Å². The highest BCUT2D eigenvalue weighted by atomic mass is 16.3. The van der Waals surface area contributed by atoms with Gasteiger partial charge in [0.05, 0.1) is 6.20 Å². The topological polar surface area (TPSA) is 49.6 Å². The summed E-state index contributed by atoms with van der Waals surface area (Å²) in [5, 5.41) is 0. The van der Waals surface area contributed by atoms with Gasteiger partial charge in [-0.1, -0.05) is 12.1 Å². The molecule has 5 nitrogen and oxygen atoms in total. The lowest BCUT2D eigenvalue weighted by Gasteiger charge is -2.32. The Morgan fingerprint density at radius 2 is 1.92 bits per heavy atom. The van der Waals surface area contributed by atoms with Crippen LogP contribution in [0.4, 0.5) is 0 Å². The Bertz CT molecular complexity index is 724. The van der Waals surface area contributed by atoms with Gasteiger partial charge in [0.2, 0.25) is 0 Å². The Morgan fingerprint density at radius 1 is 1.16 bits per heavy atom. The first-order valence-corrected chi connectivity index (χ1v) is 9.19. The smallest absolute Gasteiger partial charge is 0.253 e. The van der Waals surface area contributed by atoms with Crippen LogP contribution < -0.4 is 0 Å². The van der Waals surface area contributed by atoms with Crippen LogP contribution in [0.2, 0.25) is 0 Å². The van der Waals surface area contributed by atoms with Crippen LogP contribution in [0.25, 0.3) is 11.3 Å². The fourth-order valence-corrected chi connectivity index (χ4v) is 4.46. The summed E-state index contributed by atoms with van der Waals surface area (Å²) in [6.45, 7) is 6.24. The molecular weight excluding hydrogens is 314 g/mol. The normalized spacial score (nSPS) is 23.9. The van der Waals surface area contributed by atoms with Crippen molar-refractivity contribution in [3.63, 3.8) is 0 Å². The number of carbonyl (C=O) groups is 1. The van der Waals surface area contributed by atoms with E-state index in [0.717, 1.165) is 36.4 Å². The second-order valence-corrected chi connectivity index (χ2v) is 7.41. The lowest BCUT2D eigenvalue weighted by Crippen LogP contribution is -2.44. The molecule has 0 radical (unpaired) electrons. The molecule has 2 aliphatic rings. The molecule has 0 saturated carbocycles. The molecule has 2 aromatic rings. The molecule has 0 N–H and O–H groups in total. The third-order valence-corrected chi connectivity index (χ3v) is 5.57. The van der Waals surface area contributed by atoms with E-state index in [-0.39, 0.29) is 5.91 Å².